The van der Waals surface area contributed by atoms with Crippen molar-refractivity contribution in [2.24, 2.45) is 0 Å². The minimum Gasteiger partial charge on any atom is -0.305 e. The molecule has 3 nitrogen and oxygen atoms in total. The maximum absolute atomic E-state index is 11.2. The van der Waals surface area contributed by atoms with Gasteiger partial charge in [0, 0.05) is 22.4 Å². The van der Waals surface area contributed by atoms with Crippen molar-refractivity contribution in [3.8, 4) is 5.69 Å². The number of carbonyl (C=O) groups is 1. The van der Waals surface area contributed by atoms with E-state index in [0.29, 0.717) is 5.56 Å². The van der Waals surface area contributed by atoms with Gasteiger partial charge in [-0.3, -0.25) is 4.79 Å². The van der Waals surface area contributed by atoms with E-state index in [2.05, 4.69) is 20.9 Å². The van der Waals surface area contributed by atoms with Crippen LogP contribution in [0.3, 0.4) is 0 Å². The number of halogens is 1. The molecular formula is C11H9BrN2O. The van der Waals surface area contributed by atoms with Crippen LogP contribution in [-0.2, 0) is 0 Å². The molecule has 2 aromatic rings. The predicted molar refractivity (Wildman–Crippen MR) is 61.3 cm³/mol. The molecule has 1 aromatic heterocycles. The number of hydrogen-bond acceptors (Lipinski definition) is 2. The topological polar surface area (TPSA) is 34.9 Å². The third-order valence-corrected chi connectivity index (χ3v) is 2.77. The van der Waals surface area contributed by atoms with Crippen molar-refractivity contribution >= 4 is 21.7 Å². The summed E-state index contributed by atoms with van der Waals surface area (Å²) in [5, 5.41) is 0. The number of ketones is 1. The lowest BCUT2D eigenvalue weighted by atomic mass is 10.1. The SMILES string of the molecule is CC(=O)c1ccc(-n2ccnc2)c(Br)c1. The van der Waals surface area contributed by atoms with E-state index in [0.717, 1.165) is 10.2 Å². The van der Waals surface area contributed by atoms with Crippen molar-refractivity contribution in [3.63, 3.8) is 0 Å². The molecule has 0 aliphatic heterocycles. The molecule has 0 N–H and O–H groups in total. The first-order valence-electron chi connectivity index (χ1n) is 4.47. The smallest absolute Gasteiger partial charge is 0.159 e. The van der Waals surface area contributed by atoms with E-state index in [1.807, 2.05) is 29.0 Å². The number of benzene rings is 1. The molecule has 2 rings (SSSR count). The van der Waals surface area contributed by atoms with Crippen molar-refractivity contribution in [1.82, 2.24) is 9.55 Å². The molecule has 4 heteroatoms. The third kappa shape index (κ3) is 1.99. The average molecular weight is 265 g/mol. The van der Waals surface area contributed by atoms with E-state index in [4.69, 9.17) is 0 Å². The third-order valence-electron chi connectivity index (χ3n) is 2.14. The first-order valence-corrected chi connectivity index (χ1v) is 5.26. The number of hydrogen-bond donors (Lipinski definition) is 0. The van der Waals surface area contributed by atoms with Crippen LogP contribution < -0.4 is 0 Å². The summed E-state index contributed by atoms with van der Waals surface area (Å²) in [6, 6.07) is 5.52. The number of rotatable bonds is 2. The van der Waals surface area contributed by atoms with Crippen LogP contribution in [0.4, 0.5) is 0 Å². The quantitative estimate of drug-likeness (QED) is 0.782. The predicted octanol–water partition coefficient (Wildman–Crippen LogP) is 2.84. The fraction of sp³-hybridized carbons (Fsp3) is 0.0909. The molecule has 0 amide bonds. The van der Waals surface area contributed by atoms with Crippen molar-refractivity contribution in [3.05, 3.63) is 47.0 Å². The van der Waals surface area contributed by atoms with E-state index in [1.54, 1.807) is 19.4 Å². The fourth-order valence-corrected chi connectivity index (χ4v) is 1.92. The van der Waals surface area contributed by atoms with Gasteiger partial charge in [-0.15, -0.1) is 0 Å². The fourth-order valence-electron chi connectivity index (χ4n) is 1.34. The molecule has 0 unspecified atom stereocenters. The second kappa shape index (κ2) is 3.98. The zero-order valence-electron chi connectivity index (χ0n) is 8.14. The minimum atomic E-state index is 0.0629. The molecule has 0 radical (unpaired) electrons. The van der Waals surface area contributed by atoms with Crippen molar-refractivity contribution in [2.75, 3.05) is 0 Å². The second-order valence-electron chi connectivity index (χ2n) is 3.19. The van der Waals surface area contributed by atoms with E-state index in [-0.39, 0.29) is 5.78 Å². The van der Waals surface area contributed by atoms with Gasteiger partial charge in [0.2, 0.25) is 0 Å². The number of aromatic nitrogens is 2. The van der Waals surface area contributed by atoms with Crippen LogP contribution in [0.15, 0.2) is 41.4 Å². The summed E-state index contributed by atoms with van der Waals surface area (Å²) in [6.07, 6.45) is 5.28. The van der Waals surface area contributed by atoms with Crippen molar-refractivity contribution in [2.45, 2.75) is 6.92 Å². The Morgan fingerprint density at radius 2 is 2.27 bits per heavy atom. The largest absolute Gasteiger partial charge is 0.305 e. The highest BCUT2D eigenvalue weighted by Crippen LogP contribution is 2.22. The lowest BCUT2D eigenvalue weighted by Crippen LogP contribution is -1.96. The normalized spacial score (nSPS) is 10.3. The zero-order valence-corrected chi connectivity index (χ0v) is 9.73. The van der Waals surface area contributed by atoms with Crippen LogP contribution in [0.2, 0.25) is 0 Å². The molecule has 0 spiro atoms. The first kappa shape index (κ1) is 10.1. The summed E-state index contributed by atoms with van der Waals surface area (Å²) in [6.45, 7) is 1.55. The molecule has 0 aliphatic rings. The Labute approximate surface area is 95.9 Å². The number of imidazole rings is 1. The van der Waals surface area contributed by atoms with Gasteiger partial charge in [-0.1, -0.05) is 0 Å². The van der Waals surface area contributed by atoms with Gasteiger partial charge in [0.05, 0.1) is 12.0 Å². The molecule has 15 heavy (non-hydrogen) atoms. The molecule has 0 aliphatic carbocycles. The van der Waals surface area contributed by atoms with Crippen molar-refractivity contribution in [1.29, 1.82) is 0 Å². The lowest BCUT2D eigenvalue weighted by molar-refractivity contribution is 0.101. The molecular weight excluding hydrogens is 256 g/mol. The second-order valence-corrected chi connectivity index (χ2v) is 4.05. The molecule has 76 valence electrons. The van der Waals surface area contributed by atoms with Gasteiger partial charge >= 0.3 is 0 Å². The standard InChI is InChI=1S/C11H9BrN2O/c1-8(15)9-2-3-11(10(12)6-9)14-5-4-13-7-14/h2-7H,1H3. The maximum atomic E-state index is 11.2. The molecule has 0 saturated carbocycles. The van der Waals surface area contributed by atoms with E-state index >= 15 is 0 Å². The van der Waals surface area contributed by atoms with Crippen molar-refractivity contribution < 1.29 is 4.79 Å². The molecule has 1 heterocycles. The van der Waals surface area contributed by atoms with Gasteiger partial charge in [0.1, 0.15) is 0 Å². The van der Waals surface area contributed by atoms with E-state index in [1.165, 1.54) is 0 Å². The number of carbonyl (C=O) groups excluding carboxylic acids is 1. The molecule has 0 saturated heterocycles. The Morgan fingerprint density at radius 3 is 2.80 bits per heavy atom. The van der Waals surface area contributed by atoms with E-state index < -0.39 is 0 Å². The molecule has 0 bridgehead atoms. The Balaban J connectivity index is 2.48. The van der Waals surface area contributed by atoms with Crippen LogP contribution in [0, 0.1) is 0 Å². The summed E-state index contributed by atoms with van der Waals surface area (Å²) in [5.74, 6) is 0.0629. The van der Waals surface area contributed by atoms with Gasteiger partial charge in [-0.2, -0.15) is 0 Å². The molecule has 0 atom stereocenters. The Hall–Kier alpha value is -1.42. The summed E-state index contributed by atoms with van der Waals surface area (Å²) < 4.78 is 2.77. The zero-order chi connectivity index (χ0) is 10.8. The van der Waals surface area contributed by atoms with Crippen LogP contribution in [-0.4, -0.2) is 15.3 Å². The highest BCUT2D eigenvalue weighted by molar-refractivity contribution is 9.10. The highest BCUT2D eigenvalue weighted by Gasteiger charge is 2.05. The maximum Gasteiger partial charge on any atom is 0.159 e. The highest BCUT2D eigenvalue weighted by atomic mass is 79.9. The average Bonchev–Trinajstić information content (AvgIpc) is 2.70. The molecule has 1 aromatic carbocycles. The van der Waals surface area contributed by atoms with Crippen LogP contribution in [0.1, 0.15) is 17.3 Å². The summed E-state index contributed by atoms with van der Waals surface area (Å²) in [7, 11) is 0. The van der Waals surface area contributed by atoms with Crippen LogP contribution in [0.5, 0.6) is 0 Å². The summed E-state index contributed by atoms with van der Waals surface area (Å²) in [5.41, 5.74) is 1.67. The van der Waals surface area contributed by atoms with Gasteiger partial charge in [-0.25, -0.2) is 4.98 Å². The Kier molecular flexibility index (Phi) is 2.68. The van der Waals surface area contributed by atoms with E-state index in [9.17, 15) is 4.79 Å². The number of nitrogens with zero attached hydrogens (tertiary/aromatic N) is 2. The molecule has 0 fully saturated rings. The minimum absolute atomic E-state index is 0.0629. The van der Waals surface area contributed by atoms with Crippen LogP contribution >= 0.6 is 15.9 Å². The van der Waals surface area contributed by atoms with Gasteiger partial charge in [0.25, 0.3) is 0 Å². The first-order chi connectivity index (χ1) is 7.18. The lowest BCUT2D eigenvalue weighted by Gasteiger charge is -2.06. The summed E-state index contributed by atoms with van der Waals surface area (Å²) >= 11 is 3.44. The van der Waals surface area contributed by atoms with Crippen LogP contribution in [0.25, 0.3) is 5.69 Å². The van der Waals surface area contributed by atoms with Gasteiger partial charge in [0.15, 0.2) is 5.78 Å². The summed E-state index contributed by atoms with van der Waals surface area (Å²) in [4.78, 5) is 15.1. The Morgan fingerprint density at radius 1 is 1.47 bits per heavy atom. The number of Topliss-reactive ketones (excluding diaryl/α,β-unsaturated/α-hetero) is 1. The van der Waals surface area contributed by atoms with Gasteiger partial charge in [-0.05, 0) is 41.1 Å². The Bertz CT molecular complexity index is 491. The monoisotopic (exact) mass is 264 g/mol. The van der Waals surface area contributed by atoms with Gasteiger partial charge < -0.3 is 4.57 Å².